The van der Waals surface area contributed by atoms with Crippen LogP contribution in [0.15, 0.2) is 52.1 Å². The molecule has 1 aromatic heterocycles. The highest BCUT2D eigenvalue weighted by molar-refractivity contribution is 5.92. The maximum Gasteiger partial charge on any atom is 0.332 e. The van der Waals surface area contributed by atoms with Gasteiger partial charge in [0.25, 0.3) is 5.56 Å². The molecular weight excluding hydrogens is 386 g/mol. The third kappa shape index (κ3) is 3.56. The lowest BCUT2D eigenvalue weighted by Crippen LogP contribution is -2.43. The zero-order valence-electron chi connectivity index (χ0n) is 16.9. The molecule has 0 saturated carbocycles. The third-order valence-electron chi connectivity index (χ3n) is 5.24. The van der Waals surface area contributed by atoms with Gasteiger partial charge in [-0.2, -0.15) is 0 Å². The molecule has 2 heterocycles. The predicted molar refractivity (Wildman–Crippen MR) is 114 cm³/mol. The summed E-state index contributed by atoms with van der Waals surface area (Å²) in [5.74, 6) is 0.808. The summed E-state index contributed by atoms with van der Waals surface area (Å²) in [5, 5.41) is 3.20. The number of hydrogen-bond donors (Lipinski definition) is 1. The molecule has 4 rings (SSSR count). The Hall–Kier alpha value is -3.55. The zero-order chi connectivity index (χ0) is 21.3. The summed E-state index contributed by atoms with van der Waals surface area (Å²) in [4.78, 5) is 38.7. The fourth-order valence-electron chi connectivity index (χ4n) is 3.53. The van der Waals surface area contributed by atoms with E-state index in [1.54, 1.807) is 42.5 Å². The van der Waals surface area contributed by atoms with E-state index in [4.69, 9.17) is 9.47 Å². The number of para-hydroxylation sites is 1. The van der Waals surface area contributed by atoms with Crippen LogP contribution in [0.25, 0.3) is 10.9 Å². The summed E-state index contributed by atoms with van der Waals surface area (Å²) in [5.41, 5.74) is 0.139. The molecule has 0 bridgehead atoms. The third-order valence-corrected chi connectivity index (χ3v) is 5.24. The van der Waals surface area contributed by atoms with Crippen LogP contribution < -0.4 is 26.0 Å². The molecule has 2 aromatic carbocycles. The van der Waals surface area contributed by atoms with Crippen molar-refractivity contribution in [2.75, 3.05) is 18.5 Å². The molecule has 1 amide bonds. The maximum absolute atomic E-state index is 13.1. The van der Waals surface area contributed by atoms with Gasteiger partial charge in [0.2, 0.25) is 5.91 Å². The summed E-state index contributed by atoms with van der Waals surface area (Å²) in [6, 6.07) is 11.7. The van der Waals surface area contributed by atoms with Crippen molar-refractivity contribution in [2.45, 2.75) is 32.9 Å². The number of amides is 1. The summed E-state index contributed by atoms with van der Waals surface area (Å²) >= 11 is 0. The van der Waals surface area contributed by atoms with Crippen molar-refractivity contribution in [3.8, 4) is 11.5 Å². The monoisotopic (exact) mass is 409 g/mol. The number of ether oxygens (including phenoxy) is 2. The first kappa shape index (κ1) is 19.8. The van der Waals surface area contributed by atoms with E-state index in [9.17, 15) is 14.4 Å². The van der Waals surface area contributed by atoms with Gasteiger partial charge in [-0.25, -0.2) is 4.79 Å². The van der Waals surface area contributed by atoms with E-state index in [0.717, 1.165) is 0 Å². The number of carbonyl (C=O) groups is 1. The predicted octanol–water partition coefficient (Wildman–Crippen LogP) is 2.54. The van der Waals surface area contributed by atoms with Gasteiger partial charge in [0, 0.05) is 17.8 Å². The molecule has 0 spiro atoms. The van der Waals surface area contributed by atoms with Gasteiger partial charge in [-0.05, 0) is 37.6 Å². The Bertz CT molecular complexity index is 1230. The van der Waals surface area contributed by atoms with E-state index in [2.05, 4.69) is 5.32 Å². The van der Waals surface area contributed by atoms with Crippen molar-refractivity contribution in [3.63, 3.8) is 0 Å². The molecule has 156 valence electrons. The van der Waals surface area contributed by atoms with Crippen LogP contribution >= 0.6 is 0 Å². The van der Waals surface area contributed by atoms with Gasteiger partial charge in [-0.3, -0.25) is 18.7 Å². The van der Waals surface area contributed by atoms with E-state index in [-0.39, 0.29) is 24.1 Å². The van der Waals surface area contributed by atoms with E-state index in [1.165, 1.54) is 9.13 Å². The van der Waals surface area contributed by atoms with Crippen molar-refractivity contribution in [1.29, 1.82) is 0 Å². The van der Waals surface area contributed by atoms with Crippen LogP contribution in [0.2, 0.25) is 0 Å². The number of nitrogens with one attached hydrogen (secondary N) is 1. The molecule has 3 aromatic rings. The van der Waals surface area contributed by atoms with Gasteiger partial charge >= 0.3 is 5.69 Å². The molecule has 30 heavy (non-hydrogen) atoms. The number of benzene rings is 2. The first-order valence-electron chi connectivity index (χ1n) is 9.93. The number of aromatic nitrogens is 2. The highest BCUT2D eigenvalue weighted by Crippen LogP contribution is 2.32. The second-order valence-corrected chi connectivity index (χ2v) is 7.22. The van der Waals surface area contributed by atoms with Crippen LogP contribution in [0.3, 0.4) is 0 Å². The lowest BCUT2D eigenvalue weighted by molar-refractivity contribution is -0.116. The highest BCUT2D eigenvalue weighted by Gasteiger charge is 2.18. The minimum absolute atomic E-state index is 0.218. The first-order valence-corrected chi connectivity index (χ1v) is 9.93. The van der Waals surface area contributed by atoms with Gasteiger partial charge in [0.1, 0.15) is 19.8 Å². The Balaban J connectivity index is 1.69. The minimum Gasteiger partial charge on any atom is -0.486 e. The number of nitrogens with zero attached hydrogens (tertiary/aromatic N) is 2. The van der Waals surface area contributed by atoms with Crippen LogP contribution in [0.5, 0.6) is 11.5 Å². The summed E-state index contributed by atoms with van der Waals surface area (Å²) < 4.78 is 13.6. The van der Waals surface area contributed by atoms with Gasteiger partial charge in [-0.1, -0.05) is 19.1 Å². The Kier molecular flexibility index (Phi) is 5.31. The molecule has 0 unspecified atom stereocenters. The number of carbonyl (C=O) groups excluding carboxylic acids is 1. The number of anilines is 1. The summed E-state index contributed by atoms with van der Waals surface area (Å²) in [6.07, 6.45) is 0.622. The van der Waals surface area contributed by atoms with E-state index in [1.807, 2.05) is 13.8 Å². The molecule has 8 heteroatoms. The topological polar surface area (TPSA) is 91.6 Å². The molecule has 1 aliphatic heterocycles. The van der Waals surface area contributed by atoms with Crippen molar-refractivity contribution in [2.24, 2.45) is 0 Å². The van der Waals surface area contributed by atoms with Gasteiger partial charge in [-0.15, -0.1) is 0 Å². The Morgan fingerprint density at radius 3 is 2.60 bits per heavy atom. The maximum atomic E-state index is 13.1. The van der Waals surface area contributed by atoms with Crippen LogP contribution in [-0.4, -0.2) is 28.3 Å². The van der Waals surface area contributed by atoms with Gasteiger partial charge in [0.15, 0.2) is 11.5 Å². The second kappa shape index (κ2) is 8.06. The van der Waals surface area contributed by atoms with Crippen LogP contribution in [0, 0.1) is 0 Å². The number of rotatable bonds is 5. The Labute approximate surface area is 172 Å². The van der Waals surface area contributed by atoms with Crippen molar-refractivity contribution >= 4 is 22.5 Å². The van der Waals surface area contributed by atoms with E-state index in [0.29, 0.717) is 47.7 Å². The lowest BCUT2D eigenvalue weighted by atomic mass is 10.2. The second-order valence-electron chi connectivity index (χ2n) is 7.22. The van der Waals surface area contributed by atoms with Crippen LogP contribution in [-0.2, 0) is 11.3 Å². The summed E-state index contributed by atoms with van der Waals surface area (Å²) in [7, 11) is 0. The molecule has 0 radical (unpaired) electrons. The molecular formula is C22H23N3O5. The average Bonchev–Trinajstić information content (AvgIpc) is 2.76. The number of fused-ring (bicyclic) bond motifs is 2. The van der Waals surface area contributed by atoms with Crippen molar-refractivity contribution in [3.05, 3.63) is 63.3 Å². The largest absolute Gasteiger partial charge is 0.486 e. The van der Waals surface area contributed by atoms with E-state index >= 15 is 0 Å². The Morgan fingerprint density at radius 1 is 1.10 bits per heavy atom. The molecule has 1 N–H and O–H groups in total. The highest BCUT2D eigenvalue weighted by atomic mass is 16.6. The van der Waals surface area contributed by atoms with Gasteiger partial charge < -0.3 is 14.8 Å². The average molecular weight is 409 g/mol. The van der Waals surface area contributed by atoms with Crippen molar-refractivity contribution < 1.29 is 14.3 Å². The lowest BCUT2D eigenvalue weighted by Gasteiger charge is -2.19. The van der Waals surface area contributed by atoms with Crippen LogP contribution in [0.1, 0.15) is 26.3 Å². The minimum atomic E-state index is -0.495. The standard InChI is InChI=1S/C22H23N3O5/c1-3-14(2)25-21(27)16-6-4-5-7-17(16)24(22(25)28)13-20(26)23-15-8-9-18-19(12-15)30-11-10-29-18/h4-9,12,14H,3,10-11,13H2,1-2H3,(H,23,26)/t14-/m1/s1. The Morgan fingerprint density at radius 2 is 1.83 bits per heavy atom. The molecule has 0 aliphatic carbocycles. The smallest absolute Gasteiger partial charge is 0.332 e. The first-order chi connectivity index (χ1) is 14.5. The van der Waals surface area contributed by atoms with Crippen molar-refractivity contribution in [1.82, 2.24) is 9.13 Å². The normalized spacial score (nSPS) is 13.8. The SMILES string of the molecule is CC[C@@H](C)n1c(=O)c2ccccc2n(CC(=O)Nc2ccc3c(c2)OCCO3)c1=O. The fraction of sp³-hybridized carbons (Fsp3) is 0.318. The fourth-order valence-corrected chi connectivity index (χ4v) is 3.53. The van der Waals surface area contributed by atoms with E-state index < -0.39 is 5.69 Å². The summed E-state index contributed by atoms with van der Waals surface area (Å²) in [6.45, 7) is 4.44. The quantitative estimate of drug-likeness (QED) is 0.699. The molecule has 0 saturated heterocycles. The molecule has 1 aliphatic rings. The zero-order valence-corrected chi connectivity index (χ0v) is 16.9. The molecule has 8 nitrogen and oxygen atoms in total. The van der Waals surface area contributed by atoms with Crippen LogP contribution in [0.4, 0.5) is 5.69 Å². The number of hydrogen-bond acceptors (Lipinski definition) is 5. The molecule has 0 fully saturated rings. The van der Waals surface area contributed by atoms with Gasteiger partial charge in [0.05, 0.1) is 10.9 Å². The molecule has 1 atom stereocenters.